The second-order valence-electron chi connectivity index (χ2n) is 3.40. The van der Waals surface area contributed by atoms with Crippen LogP contribution in [-0.2, 0) is 17.9 Å². The van der Waals surface area contributed by atoms with Gasteiger partial charge in [0.15, 0.2) is 6.39 Å². The Hall–Kier alpha value is -2.30. The number of carbonyl (C=O) groups excluding carboxylic acids is 1. The normalized spacial score (nSPS) is 9.88. The van der Waals surface area contributed by atoms with E-state index in [0.717, 1.165) is 5.56 Å². The summed E-state index contributed by atoms with van der Waals surface area (Å²) >= 11 is 0. The molecule has 1 amide bonds. The minimum Gasteiger partial charge on any atom is -0.451 e. The molecule has 5 heteroatoms. The molecule has 0 saturated carbocycles. The molecule has 0 spiro atoms. The molecule has 2 aromatic rings. The minimum atomic E-state index is -0.475. The van der Waals surface area contributed by atoms with E-state index in [1.165, 1.54) is 12.7 Å². The molecule has 0 aliphatic heterocycles. The van der Waals surface area contributed by atoms with E-state index in [0.29, 0.717) is 12.2 Å². The number of nitrogens with one attached hydrogen (secondary N) is 1. The number of benzene rings is 1. The first kappa shape index (κ1) is 11.2. The third-order valence-electron chi connectivity index (χ3n) is 2.11. The van der Waals surface area contributed by atoms with Crippen LogP contribution >= 0.6 is 0 Å². The molecular formula is C12H12N2O3. The number of oxazole rings is 1. The van der Waals surface area contributed by atoms with Gasteiger partial charge in [0.2, 0.25) is 0 Å². The molecular weight excluding hydrogens is 220 g/mol. The standard InChI is InChI=1S/C12H12N2O3/c15-12(13-6-11-8-16-9-14-11)17-7-10-4-2-1-3-5-10/h1-5,8-9H,6-7H2,(H,13,15). The van der Waals surface area contributed by atoms with E-state index in [9.17, 15) is 4.79 Å². The number of nitrogens with zero attached hydrogens (tertiary/aromatic N) is 1. The van der Waals surface area contributed by atoms with Crippen molar-refractivity contribution in [1.82, 2.24) is 10.3 Å². The minimum absolute atomic E-state index is 0.255. The van der Waals surface area contributed by atoms with Gasteiger partial charge in [0.05, 0.1) is 12.2 Å². The Morgan fingerprint density at radius 2 is 2.18 bits per heavy atom. The van der Waals surface area contributed by atoms with Crippen LogP contribution in [0.4, 0.5) is 4.79 Å². The van der Waals surface area contributed by atoms with Gasteiger partial charge in [0.1, 0.15) is 12.9 Å². The molecule has 0 radical (unpaired) electrons. The van der Waals surface area contributed by atoms with Crippen LogP contribution in [0.15, 0.2) is 47.4 Å². The number of hydrogen-bond acceptors (Lipinski definition) is 4. The lowest BCUT2D eigenvalue weighted by Gasteiger charge is -2.05. The van der Waals surface area contributed by atoms with E-state index < -0.39 is 6.09 Å². The third-order valence-corrected chi connectivity index (χ3v) is 2.11. The van der Waals surface area contributed by atoms with Crippen LogP contribution in [0.2, 0.25) is 0 Å². The van der Waals surface area contributed by atoms with Crippen molar-refractivity contribution in [3.63, 3.8) is 0 Å². The smallest absolute Gasteiger partial charge is 0.407 e. The Balaban J connectivity index is 1.71. The molecule has 2 rings (SSSR count). The molecule has 88 valence electrons. The van der Waals surface area contributed by atoms with Gasteiger partial charge >= 0.3 is 6.09 Å². The van der Waals surface area contributed by atoms with E-state index >= 15 is 0 Å². The highest BCUT2D eigenvalue weighted by Crippen LogP contribution is 2.00. The Morgan fingerprint density at radius 1 is 1.35 bits per heavy atom. The first-order valence-electron chi connectivity index (χ1n) is 5.16. The van der Waals surface area contributed by atoms with Crippen molar-refractivity contribution in [2.75, 3.05) is 0 Å². The maximum Gasteiger partial charge on any atom is 0.407 e. The number of hydrogen-bond donors (Lipinski definition) is 1. The van der Waals surface area contributed by atoms with Crippen molar-refractivity contribution in [3.8, 4) is 0 Å². The highest BCUT2D eigenvalue weighted by Gasteiger charge is 2.03. The molecule has 0 aliphatic rings. The third kappa shape index (κ3) is 3.64. The summed E-state index contributed by atoms with van der Waals surface area (Å²) in [4.78, 5) is 15.2. The Morgan fingerprint density at radius 3 is 2.88 bits per heavy atom. The molecule has 1 aromatic heterocycles. The Kier molecular flexibility index (Phi) is 3.75. The molecule has 17 heavy (non-hydrogen) atoms. The van der Waals surface area contributed by atoms with Gasteiger partial charge in [-0.25, -0.2) is 9.78 Å². The first-order chi connectivity index (χ1) is 8.34. The number of rotatable bonds is 4. The van der Waals surface area contributed by atoms with Gasteiger partial charge in [-0.3, -0.25) is 0 Å². The predicted molar refractivity (Wildman–Crippen MR) is 60.0 cm³/mol. The molecule has 1 heterocycles. The van der Waals surface area contributed by atoms with Gasteiger partial charge in [-0.2, -0.15) is 0 Å². The second kappa shape index (κ2) is 5.69. The van der Waals surface area contributed by atoms with Crippen molar-refractivity contribution in [3.05, 3.63) is 54.2 Å². The largest absolute Gasteiger partial charge is 0.451 e. The molecule has 0 fully saturated rings. The lowest BCUT2D eigenvalue weighted by molar-refractivity contribution is 0.139. The molecule has 0 unspecified atom stereocenters. The molecule has 0 atom stereocenters. The summed E-state index contributed by atoms with van der Waals surface area (Å²) in [6.45, 7) is 0.551. The van der Waals surface area contributed by atoms with Gasteiger partial charge in [-0.15, -0.1) is 0 Å². The van der Waals surface area contributed by atoms with Crippen molar-refractivity contribution >= 4 is 6.09 Å². The Labute approximate surface area is 98.4 Å². The zero-order valence-corrected chi connectivity index (χ0v) is 9.13. The maximum atomic E-state index is 11.3. The lowest BCUT2D eigenvalue weighted by atomic mass is 10.2. The zero-order chi connectivity index (χ0) is 11.9. The van der Waals surface area contributed by atoms with Gasteiger partial charge < -0.3 is 14.5 Å². The summed E-state index contributed by atoms with van der Waals surface area (Å²) in [7, 11) is 0. The summed E-state index contributed by atoms with van der Waals surface area (Å²) in [6.07, 6.45) is 2.31. The summed E-state index contributed by atoms with van der Waals surface area (Å²) < 4.78 is 9.79. The number of carbonyl (C=O) groups is 1. The van der Waals surface area contributed by atoms with Gasteiger partial charge in [-0.05, 0) is 5.56 Å². The number of amides is 1. The number of aromatic nitrogens is 1. The molecule has 0 aliphatic carbocycles. The summed E-state index contributed by atoms with van der Waals surface area (Å²) in [5, 5.41) is 2.57. The highest BCUT2D eigenvalue weighted by molar-refractivity contribution is 5.67. The molecule has 0 saturated heterocycles. The fourth-order valence-electron chi connectivity index (χ4n) is 1.26. The number of ether oxygens (including phenoxy) is 1. The van der Waals surface area contributed by atoms with Gasteiger partial charge in [0, 0.05) is 0 Å². The van der Waals surface area contributed by atoms with Crippen LogP contribution in [0.1, 0.15) is 11.3 Å². The average molecular weight is 232 g/mol. The molecule has 1 N–H and O–H groups in total. The SMILES string of the molecule is O=C(NCc1cocn1)OCc1ccccc1. The van der Waals surface area contributed by atoms with Crippen LogP contribution in [0.5, 0.6) is 0 Å². The van der Waals surface area contributed by atoms with Crippen LogP contribution in [0.25, 0.3) is 0 Å². The zero-order valence-electron chi connectivity index (χ0n) is 9.13. The van der Waals surface area contributed by atoms with Crippen molar-refractivity contribution in [2.45, 2.75) is 13.2 Å². The average Bonchev–Trinajstić information content (AvgIpc) is 2.88. The topological polar surface area (TPSA) is 64.4 Å². The van der Waals surface area contributed by atoms with Crippen molar-refractivity contribution in [2.24, 2.45) is 0 Å². The van der Waals surface area contributed by atoms with Gasteiger partial charge in [0.25, 0.3) is 0 Å². The number of alkyl carbamates (subject to hydrolysis) is 1. The van der Waals surface area contributed by atoms with Crippen molar-refractivity contribution in [1.29, 1.82) is 0 Å². The fraction of sp³-hybridized carbons (Fsp3) is 0.167. The summed E-state index contributed by atoms with van der Waals surface area (Å²) in [5.41, 5.74) is 1.60. The molecule has 0 bridgehead atoms. The maximum absolute atomic E-state index is 11.3. The van der Waals surface area contributed by atoms with Crippen LogP contribution in [-0.4, -0.2) is 11.1 Å². The quantitative estimate of drug-likeness (QED) is 0.876. The Bertz CT molecular complexity index is 454. The lowest BCUT2D eigenvalue weighted by Crippen LogP contribution is -2.23. The highest BCUT2D eigenvalue weighted by atomic mass is 16.5. The van der Waals surface area contributed by atoms with E-state index in [-0.39, 0.29) is 6.61 Å². The summed E-state index contributed by atoms with van der Waals surface area (Å²) in [6, 6.07) is 9.49. The predicted octanol–water partition coefficient (Wildman–Crippen LogP) is 2.10. The van der Waals surface area contributed by atoms with E-state index in [1.807, 2.05) is 30.3 Å². The van der Waals surface area contributed by atoms with E-state index in [2.05, 4.69) is 10.3 Å². The van der Waals surface area contributed by atoms with E-state index in [1.54, 1.807) is 0 Å². The van der Waals surface area contributed by atoms with Crippen LogP contribution < -0.4 is 5.32 Å². The second-order valence-corrected chi connectivity index (χ2v) is 3.40. The van der Waals surface area contributed by atoms with E-state index in [4.69, 9.17) is 9.15 Å². The molecule has 5 nitrogen and oxygen atoms in total. The van der Waals surface area contributed by atoms with Crippen LogP contribution in [0.3, 0.4) is 0 Å². The van der Waals surface area contributed by atoms with Crippen molar-refractivity contribution < 1.29 is 13.9 Å². The first-order valence-corrected chi connectivity index (χ1v) is 5.16. The fourth-order valence-corrected chi connectivity index (χ4v) is 1.26. The monoisotopic (exact) mass is 232 g/mol. The molecule has 1 aromatic carbocycles. The van der Waals surface area contributed by atoms with Crippen LogP contribution in [0, 0.1) is 0 Å². The summed E-state index contributed by atoms with van der Waals surface area (Å²) in [5.74, 6) is 0. The van der Waals surface area contributed by atoms with Gasteiger partial charge in [-0.1, -0.05) is 30.3 Å².